The van der Waals surface area contributed by atoms with Crippen molar-refractivity contribution < 1.29 is 14.4 Å². The number of benzene rings is 1. The van der Waals surface area contributed by atoms with Crippen molar-refractivity contribution in [3.63, 3.8) is 0 Å². The van der Waals surface area contributed by atoms with Gasteiger partial charge in [-0.05, 0) is 44.7 Å². The van der Waals surface area contributed by atoms with E-state index in [9.17, 15) is 14.4 Å². The van der Waals surface area contributed by atoms with Crippen LogP contribution in [0.4, 0.5) is 5.69 Å². The number of aryl methyl sites for hydroxylation is 3. The molecule has 23 heavy (non-hydrogen) atoms. The molecule has 1 aliphatic rings. The summed E-state index contributed by atoms with van der Waals surface area (Å²) in [4.78, 5) is 35.0. The molecule has 1 saturated carbocycles. The van der Waals surface area contributed by atoms with E-state index in [0.717, 1.165) is 35.2 Å². The molecule has 0 spiro atoms. The highest BCUT2D eigenvalue weighted by molar-refractivity contribution is 5.96. The molecule has 0 unspecified atom stereocenters. The quantitative estimate of drug-likeness (QED) is 0.736. The van der Waals surface area contributed by atoms with E-state index in [-0.39, 0.29) is 36.7 Å². The number of hydrogen-bond acceptors (Lipinski definition) is 3. The van der Waals surface area contributed by atoms with Gasteiger partial charge in [0.15, 0.2) is 0 Å². The molecule has 6 heteroatoms. The minimum absolute atomic E-state index is 0.0681. The zero-order chi connectivity index (χ0) is 17.0. The van der Waals surface area contributed by atoms with Gasteiger partial charge in [-0.25, -0.2) is 0 Å². The number of carbonyl (C=O) groups is 3. The Hall–Kier alpha value is -2.37. The van der Waals surface area contributed by atoms with Crippen molar-refractivity contribution in [2.45, 2.75) is 33.6 Å². The average molecular weight is 317 g/mol. The van der Waals surface area contributed by atoms with Crippen LogP contribution in [0.1, 0.15) is 29.5 Å². The van der Waals surface area contributed by atoms with Crippen molar-refractivity contribution in [1.82, 2.24) is 10.6 Å². The largest absolute Gasteiger partial charge is 0.347 e. The van der Waals surface area contributed by atoms with Crippen LogP contribution in [0, 0.1) is 26.7 Å². The summed E-state index contributed by atoms with van der Waals surface area (Å²) in [6.45, 7) is 5.65. The molecule has 0 radical (unpaired) electrons. The molecule has 0 saturated heterocycles. The molecular weight excluding hydrogens is 294 g/mol. The second kappa shape index (κ2) is 7.26. The Morgan fingerprint density at radius 1 is 0.957 bits per heavy atom. The first-order valence-electron chi connectivity index (χ1n) is 7.79. The van der Waals surface area contributed by atoms with E-state index in [1.165, 1.54) is 0 Å². The van der Waals surface area contributed by atoms with E-state index in [1.54, 1.807) is 0 Å². The fourth-order valence-electron chi connectivity index (χ4n) is 2.46. The molecule has 0 aromatic heterocycles. The first-order valence-corrected chi connectivity index (χ1v) is 7.79. The van der Waals surface area contributed by atoms with Gasteiger partial charge < -0.3 is 16.0 Å². The van der Waals surface area contributed by atoms with Crippen LogP contribution in [-0.4, -0.2) is 30.8 Å². The fourth-order valence-corrected chi connectivity index (χ4v) is 2.46. The van der Waals surface area contributed by atoms with E-state index < -0.39 is 0 Å². The molecule has 2 rings (SSSR count). The summed E-state index contributed by atoms with van der Waals surface area (Å²) in [6, 6.07) is 3.99. The topological polar surface area (TPSA) is 87.3 Å². The number of nitrogens with one attached hydrogen (secondary N) is 3. The first kappa shape index (κ1) is 17.0. The summed E-state index contributed by atoms with van der Waals surface area (Å²) in [5, 5.41) is 7.87. The molecule has 1 aromatic rings. The lowest BCUT2D eigenvalue weighted by Gasteiger charge is -2.13. The lowest BCUT2D eigenvalue weighted by atomic mass is 10.1. The van der Waals surface area contributed by atoms with Crippen molar-refractivity contribution in [1.29, 1.82) is 0 Å². The second-order valence-corrected chi connectivity index (χ2v) is 6.09. The van der Waals surface area contributed by atoms with Crippen molar-refractivity contribution in [3.05, 3.63) is 28.8 Å². The van der Waals surface area contributed by atoms with Crippen LogP contribution in [0.3, 0.4) is 0 Å². The molecule has 1 aromatic carbocycles. The SMILES string of the molecule is Cc1cc(C)c(NC(=O)CNC(=O)CNC(=O)C2CC2)c(C)c1. The molecule has 0 aliphatic heterocycles. The summed E-state index contributed by atoms with van der Waals surface area (Å²) in [7, 11) is 0. The molecular formula is C17H23N3O3. The molecule has 6 nitrogen and oxygen atoms in total. The van der Waals surface area contributed by atoms with E-state index in [0.29, 0.717) is 0 Å². The monoisotopic (exact) mass is 317 g/mol. The Bertz CT molecular complexity index is 613. The fraction of sp³-hybridized carbons (Fsp3) is 0.471. The number of anilines is 1. The second-order valence-electron chi connectivity index (χ2n) is 6.09. The average Bonchev–Trinajstić information content (AvgIpc) is 3.31. The summed E-state index contributed by atoms with van der Waals surface area (Å²) in [6.07, 6.45) is 1.79. The van der Waals surface area contributed by atoms with Gasteiger partial charge >= 0.3 is 0 Å². The van der Waals surface area contributed by atoms with Gasteiger partial charge in [0.25, 0.3) is 0 Å². The third kappa shape index (κ3) is 5.09. The maximum Gasteiger partial charge on any atom is 0.243 e. The number of amides is 3. The summed E-state index contributed by atoms with van der Waals surface area (Å²) >= 11 is 0. The Morgan fingerprint density at radius 3 is 2.09 bits per heavy atom. The maximum atomic E-state index is 11.9. The minimum Gasteiger partial charge on any atom is -0.347 e. The molecule has 124 valence electrons. The number of hydrogen-bond donors (Lipinski definition) is 3. The predicted octanol–water partition coefficient (Wildman–Crippen LogP) is 1.19. The molecule has 0 atom stereocenters. The normalized spacial score (nSPS) is 13.3. The van der Waals surface area contributed by atoms with Crippen molar-refractivity contribution in [2.75, 3.05) is 18.4 Å². The number of rotatable bonds is 6. The van der Waals surface area contributed by atoms with Gasteiger partial charge in [0, 0.05) is 11.6 Å². The Labute approximate surface area is 136 Å². The van der Waals surface area contributed by atoms with E-state index in [4.69, 9.17) is 0 Å². The summed E-state index contributed by atoms with van der Waals surface area (Å²) < 4.78 is 0. The van der Waals surface area contributed by atoms with Crippen LogP contribution in [0.25, 0.3) is 0 Å². The standard InChI is InChI=1S/C17H23N3O3/c1-10-6-11(2)16(12(3)7-10)20-15(22)9-18-14(21)8-19-17(23)13-4-5-13/h6-7,13H,4-5,8-9H2,1-3H3,(H,18,21)(H,19,23)(H,20,22). The zero-order valence-electron chi connectivity index (χ0n) is 13.8. The molecule has 3 amide bonds. The van der Waals surface area contributed by atoms with Crippen LogP contribution in [0.2, 0.25) is 0 Å². The van der Waals surface area contributed by atoms with E-state index >= 15 is 0 Å². The van der Waals surface area contributed by atoms with Crippen LogP contribution in [-0.2, 0) is 14.4 Å². The van der Waals surface area contributed by atoms with Crippen LogP contribution in [0.5, 0.6) is 0 Å². The lowest BCUT2D eigenvalue weighted by molar-refractivity contribution is -0.127. The Morgan fingerprint density at radius 2 is 1.52 bits per heavy atom. The van der Waals surface area contributed by atoms with Gasteiger partial charge in [0.05, 0.1) is 13.1 Å². The zero-order valence-corrected chi connectivity index (χ0v) is 13.8. The third-order valence-electron chi connectivity index (χ3n) is 3.76. The highest BCUT2D eigenvalue weighted by atomic mass is 16.2. The molecule has 3 N–H and O–H groups in total. The number of carbonyl (C=O) groups excluding carboxylic acids is 3. The highest BCUT2D eigenvalue weighted by Crippen LogP contribution is 2.28. The van der Waals surface area contributed by atoms with Crippen LogP contribution < -0.4 is 16.0 Å². The summed E-state index contributed by atoms with van der Waals surface area (Å²) in [5.41, 5.74) is 3.88. The van der Waals surface area contributed by atoms with Gasteiger partial charge in [0.2, 0.25) is 17.7 Å². The Balaban J connectivity index is 1.76. The van der Waals surface area contributed by atoms with Crippen LogP contribution >= 0.6 is 0 Å². The molecule has 1 fully saturated rings. The third-order valence-corrected chi connectivity index (χ3v) is 3.76. The van der Waals surface area contributed by atoms with Gasteiger partial charge in [-0.1, -0.05) is 17.7 Å². The van der Waals surface area contributed by atoms with E-state index in [2.05, 4.69) is 16.0 Å². The van der Waals surface area contributed by atoms with E-state index in [1.807, 2.05) is 32.9 Å². The van der Waals surface area contributed by atoms with Crippen molar-refractivity contribution >= 4 is 23.4 Å². The lowest BCUT2D eigenvalue weighted by Crippen LogP contribution is -2.40. The maximum absolute atomic E-state index is 11.9. The smallest absolute Gasteiger partial charge is 0.243 e. The predicted molar refractivity (Wildman–Crippen MR) is 88.0 cm³/mol. The Kier molecular flexibility index (Phi) is 5.36. The van der Waals surface area contributed by atoms with Crippen molar-refractivity contribution in [3.8, 4) is 0 Å². The van der Waals surface area contributed by atoms with Crippen LogP contribution in [0.15, 0.2) is 12.1 Å². The summed E-state index contributed by atoms with van der Waals surface area (Å²) in [5.74, 6) is -0.678. The van der Waals surface area contributed by atoms with Crippen molar-refractivity contribution in [2.24, 2.45) is 5.92 Å². The molecule has 0 bridgehead atoms. The van der Waals surface area contributed by atoms with Gasteiger partial charge in [-0.15, -0.1) is 0 Å². The van der Waals surface area contributed by atoms with Gasteiger partial charge in [-0.3, -0.25) is 14.4 Å². The molecule has 1 aliphatic carbocycles. The first-order chi connectivity index (χ1) is 10.9. The van der Waals surface area contributed by atoms with Gasteiger partial charge in [0.1, 0.15) is 0 Å². The van der Waals surface area contributed by atoms with Gasteiger partial charge in [-0.2, -0.15) is 0 Å². The highest BCUT2D eigenvalue weighted by Gasteiger charge is 2.29. The molecule has 0 heterocycles. The minimum atomic E-state index is -0.369.